The van der Waals surface area contributed by atoms with E-state index in [1.165, 1.54) is 0 Å². The van der Waals surface area contributed by atoms with Gasteiger partial charge in [0.2, 0.25) is 0 Å². The summed E-state index contributed by atoms with van der Waals surface area (Å²) in [5.41, 5.74) is 13.6. The first-order valence-corrected chi connectivity index (χ1v) is 4.67. The van der Waals surface area contributed by atoms with E-state index in [1.807, 2.05) is 31.2 Å². The molecular formula is C11H14N2O. The van der Waals surface area contributed by atoms with Crippen LogP contribution in [0.25, 0.3) is 11.0 Å². The third kappa shape index (κ3) is 1.41. The molecule has 0 saturated heterocycles. The van der Waals surface area contributed by atoms with Crippen LogP contribution in [0.4, 0.5) is 0 Å². The van der Waals surface area contributed by atoms with E-state index in [4.69, 9.17) is 15.9 Å². The lowest BCUT2D eigenvalue weighted by atomic mass is 10.0. The average Bonchev–Trinajstić information content (AvgIpc) is 2.60. The Hall–Kier alpha value is -1.32. The first-order chi connectivity index (χ1) is 6.70. The summed E-state index contributed by atoms with van der Waals surface area (Å²) in [4.78, 5) is 0. The zero-order valence-corrected chi connectivity index (χ0v) is 8.10. The molecule has 0 spiro atoms. The Balaban J connectivity index is 2.53. The van der Waals surface area contributed by atoms with Crippen molar-refractivity contribution in [1.29, 1.82) is 0 Å². The van der Waals surface area contributed by atoms with Crippen LogP contribution < -0.4 is 11.5 Å². The van der Waals surface area contributed by atoms with Gasteiger partial charge < -0.3 is 15.9 Å². The molecule has 2 aromatic rings. The van der Waals surface area contributed by atoms with Gasteiger partial charge in [0.15, 0.2) is 0 Å². The van der Waals surface area contributed by atoms with E-state index < -0.39 is 0 Å². The van der Waals surface area contributed by atoms with E-state index >= 15 is 0 Å². The largest absolute Gasteiger partial charge is 0.464 e. The summed E-state index contributed by atoms with van der Waals surface area (Å²) in [5.74, 6) is 0. The molecule has 3 heteroatoms. The maximum atomic E-state index is 5.96. The summed E-state index contributed by atoms with van der Waals surface area (Å²) in [6.45, 7) is 1.90. The number of hydrogen-bond donors (Lipinski definition) is 2. The lowest BCUT2D eigenvalue weighted by Gasteiger charge is -2.13. The molecule has 1 aromatic heterocycles. The highest BCUT2D eigenvalue weighted by Crippen LogP contribution is 2.25. The highest BCUT2D eigenvalue weighted by Gasteiger charge is 2.15. The average molecular weight is 190 g/mol. The molecular weight excluding hydrogens is 176 g/mol. The summed E-state index contributed by atoms with van der Waals surface area (Å²) < 4.78 is 5.38. The van der Waals surface area contributed by atoms with E-state index in [1.54, 1.807) is 6.26 Å². The number of para-hydroxylation sites is 1. The third-order valence-electron chi connectivity index (χ3n) is 2.44. The van der Waals surface area contributed by atoms with Crippen LogP contribution in [0.3, 0.4) is 0 Å². The highest BCUT2D eigenvalue weighted by atomic mass is 16.3. The van der Waals surface area contributed by atoms with Gasteiger partial charge in [-0.25, -0.2) is 0 Å². The summed E-state index contributed by atoms with van der Waals surface area (Å²) >= 11 is 0. The smallest absolute Gasteiger partial charge is 0.134 e. The molecule has 1 heterocycles. The van der Waals surface area contributed by atoms with Gasteiger partial charge in [-0.1, -0.05) is 18.2 Å². The van der Waals surface area contributed by atoms with E-state index in [0.717, 1.165) is 16.5 Å². The molecule has 2 atom stereocenters. The van der Waals surface area contributed by atoms with Crippen LogP contribution in [0, 0.1) is 0 Å². The molecule has 0 aliphatic carbocycles. The van der Waals surface area contributed by atoms with Gasteiger partial charge in [-0.05, 0) is 13.0 Å². The van der Waals surface area contributed by atoms with Gasteiger partial charge in [0, 0.05) is 23.0 Å². The Labute approximate surface area is 82.7 Å². The SMILES string of the molecule is CC(N)C(N)c1coc2ccccc12. The minimum atomic E-state index is -0.168. The van der Waals surface area contributed by atoms with Gasteiger partial charge in [0.1, 0.15) is 5.58 Å². The van der Waals surface area contributed by atoms with Gasteiger partial charge in [0.05, 0.1) is 6.26 Å². The number of hydrogen-bond acceptors (Lipinski definition) is 3. The van der Waals surface area contributed by atoms with E-state index in [9.17, 15) is 0 Å². The standard InChI is InChI=1S/C11H14N2O/c1-7(12)11(13)9-6-14-10-5-3-2-4-8(9)10/h2-7,11H,12-13H2,1H3. The Morgan fingerprint density at radius 1 is 1.21 bits per heavy atom. The number of nitrogens with two attached hydrogens (primary N) is 2. The Kier molecular flexibility index (Phi) is 2.27. The van der Waals surface area contributed by atoms with Gasteiger partial charge in [0.25, 0.3) is 0 Å². The minimum Gasteiger partial charge on any atom is -0.464 e. The van der Waals surface area contributed by atoms with Crippen LogP contribution in [0.1, 0.15) is 18.5 Å². The van der Waals surface area contributed by atoms with Crippen molar-refractivity contribution in [3.63, 3.8) is 0 Å². The van der Waals surface area contributed by atoms with Crippen molar-refractivity contribution in [3.8, 4) is 0 Å². The second-order valence-electron chi connectivity index (χ2n) is 3.57. The second-order valence-corrected chi connectivity index (χ2v) is 3.57. The number of benzene rings is 1. The van der Waals surface area contributed by atoms with Gasteiger partial charge in [-0.2, -0.15) is 0 Å². The number of furan rings is 1. The van der Waals surface area contributed by atoms with E-state index in [-0.39, 0.29) is 12.1 Å². The highest BCUT2D eigenvalue weighted by molar-refractivity contribution is 5.81. The molecule has 14 heavy (non-hydrogen) atoms. The zero-order chi connectivity index (χ0) is 10.1. The van der Waals surface area contributed by atoms with Crippen molar-refractivity contribution in [2.75, 3.05) is 0 Å². The van der Waals surface area contributed by atoms with Gasteiger partial charge in [-0.3, -0.25) is 0 Å². The molecule has 0 radical (unpaired) electrons. The van der Waals surface area contributed by atoms with Crippen LogP contribution in [0.5, 0.6) is 0 Å². The molecule has 0 saturated carbocycles. The molecule has 0 amide bonds. The molecule has 2 rings (SSSR count). The predicted octanol–water partition coefficient (Wildman–Crippen LogP) is 1.78. The Morgan fingerprint density at radius 3 is 2.64 bits per heavy atom. The van der Waals surface area contributed by atoms with Crippen molar-refractivity contribution < 1.29 is 4.42 Å². The van der Waals surface area contributed by atoms with Crippen LogP contribution >= 0.6 is 0 Å². The van der Waals surface area contributed by atoms with E-state index in [0.29, 0.717) is 0 Å². The monoisotopic (exact) mass is 190 g/mol. The molecule has 4 N–H and O–H groups in total. The summed E-state index contributed by atoms with van der Waals surface area (Å²) in [6.07, 6.45) is 1.69. The van der Waals surface area contributed by atoms with Crippen molar-refractivity contribution >= 4 is 11.0 Å². The first-order valence-electron chi connectivity index (χ1n) is 4.67. The topological polar surface area (TPSA) is 65.2 Å². The summed E-state index contributed by atoms with van der Waals surface area (Å²) in [5, 5.41) is 1.05. The quantitative estimate of drug-likeness (QED) is 0.758. The Bertz CT molecular complexity index is 434. The maximum Gasteiger partial charge on any atom is 0.134 e. The predicted molar refractivity (Wildman–Crippen MR) is 56.8 cm³/mol. The molecule has 0 fully saturated rings. The Morgan fingerprint density at radius 2 is 1.93 bits per heavy atom. The molecule has 1 aromatic carbocycles. The number of fused-ring (bicyclic) bond motifs is 1. The summed E-state index contributed by atoms with van der Waals surface area (Å²) in [7, 11) is 0. The maximum absolute atomic E-state index is 5.96. The fraction of sp³-hybridized carbons (Fsp3) is 0.273. The van der Waals surface area contributed by atoms with Gasteiger partial charge >= 0.3 is 0 Å². The van der Waals surface area contributed by atoms with Crippen LogP contribution in [0.15, 0.2) is 34.9 Å². The normalized spacial score (nSPS) is 15.6. The van der Waals surface area contributed by atoms with Crippen LogP contribution in [0.2, 0.25) is 0 Å². The molecule has 0 aliphatic rings. The fourth-order valence-electron chi connectivity index (χ4n) is 1.54. The third-order valence-corrected chi connectivity index (χ3v) is 2.44. The fourth-order valence-corrected chi connectivity index (χ4v) is 1.54. The molecule has 2 unspecified atom stereocenters. The van der Waals surface area contributed by atoms with Crippen LogP contribution in [-0.2, 0) is 0 Å². The van der Waals surface area contributed by atoms with Crippen LogP contribution in [-0.4, -0.2) is 6.04 Å². The minimum absolute atomic E-state index is 0.0731. The second kappa shape index (κ2) is 3.44. The van der Waals surface area contributed by atoms with E-state index in [2.05, 4.69) is 0 Å². The van der Waals surface area contributed by atoms with Crippen molar-refractivity contribution in [2.24, 2.45) is 11.5 Å². The molecule has 3 nitrogen and oxygen atoms in total. The first kappa shape index (κ1) is 9.24. The lowest BCUT2D eigenvalue weighted by molar-refractivity contribution is 0.563. The molecule has 0 aliphatic heterocycles. The molecule has 74 valence electrons. The van der Waals surface area contributed by atoms with Crippen molar-refractivity contribution in [2.45, 2.75) is 19.0 Å². The number of rotatable bonds is 2. The summed E-state index contributed by atoms with van der Waals surface area (Å²) in [6, 6.07) is 7.58. The van der Waals surface area contributed by atoms with Gasteiger partial charge in [-0.15, -0.1) is 0 Å². The zero-order valence-electron chi connectivity index (χ0n) is 8.10. The molecule has 0 bridgehead atoms. The van der Waals surface area contributed by atoms with Crippen molar-refractivity contribution in [1.82, 2.24) is 0 Å². The lowest BCUT2D eigenvalue weighted by Crippen LogP contribution is -2.30. The van der Waals surface area contributed by atoms with Crippen molar-refractivity contribution in [3.05, 3.63) is 36.1 Å².